The van der Waals surface area contributed by atoms with Crippen LogP contribution in [0.3, 0.4) is 0 Å². The van der Waals surface area contributed by atoms with Crippen molar-refractivity contribution < 1.29 is 4.74 Å². The van der Waals surface area contributed by atoms with Crippen LogP contribution in [-0.4, -0.2) is 26.6 Å². The molecule has 8 heteroatoms. The Balaban J connectivity index is 2.05. The van der Waals surface area contributed by atoms with Gasteiger partial charge in [-0.05, 0) is 23.2 Å². The van der Waals surface area contributed by atoms with Crippen molar-refractivity contribution in [1.82, 2.24) is 19.5 Å². The van der Waals surface area contributed by atoms with Crippen molar-refractivity contribution in [2.24, 2.45) is 7.05 Å². The van der Waals surface area contributed by atoms with E-state index >= 15 is 0 Å². The summed E-state index contributed by atoms with van der Waals surface area (Å²) in [4.78, 5) is 25.7. The van der Waals surface area contributed by atoms with E-state index in [1.54, 1.807) is 32.5 Å². The number of rotatable bonds is 3. The van der Waals surface area contributed by atoms with Crippen molar-refractivity contribution in [2.45, 2.75) is 10.3 Å². The summed E-state index contributed by atoms with van der Waals surface area (Å²) < 4.78 is 6.56. The standard InChI is InChI=1S/C12H10N4O2S2/c1-16-10(17)7-4-6-19-9(7)15-12(16)20-11-13-5-3-8(14-11)18-2/h3-6H,1-2H3. The Morgan fingerprint density at radius 1 is 1.35 bits per heavy atom. The number of hydrogen-bond acceptors (Lipinski definition) is 7. The molecule has 0 aromatic carbocycles. The molecule has 20 heavy (non-hydrogen) atoms. The van der Waals surface area contributed by atoms with Gasteiger partial charge in [-0.1, -0.05) is 0 Å². The predicted octanol–water partition coefficient (Wildman–Crippen LogP) is 1.94. The van der Waals surface area contributed by atoms with Crippen LogP contribution < -0.4 is 10.3 Å². The third kappa shape index (κ3) is 2.27. The molecule has 3 heterocycles. The molecule has 6 nitrogen and oxygen atoms in total. The first-order valence-corrected chi connectivity index (χ1v) is 7.38. The van der Waals surface area contributed by atoms with Gasteiger partial charge in [0.05, 0.1) is 12.5 Å². The highest BCUT2D eigenvalue weighted by atomic mass is 32.2. The fourth-order valence-electron chi connectivity index (χ4n) is 1.64. The van der Waals surface area contributed by atoms with Crippen LogP contribution in [0.2, 0.25) is 0 Å². The number of fused-ring (bicyclic) bond motifs is 1. The smallest absolute Gasteiger partial charge is 0.262 e. The van der Waals surface area contributed by atoms with Gasteiger partial charge in [0, 0.05) is 19.3 Å². The highest BCUT2D eigenvalue weighted by Gasteiger charge is 2.12. The third-order valence-corrected chi connectivity index (χ3v) is 4.40. The molecular formula is C12H10N4O2S2. The summed E-state index contributed by atoms with van der Waals surface area (Å²) in [5.74, 6) is 0.477. The van der Waals surface area contributed by atoms with Gasteiger partial charge in [-0.3, -0.25) is 9.36 Å². The van der Waals surface area contributed by atoms with Gasteiger partial charge in [-0.15, -0.1) is 11.3 Å². The van der Waals surface area contributed by atoms with Crippen molar-refractivity contribution in [1.29, 1.82) is 0 Å². The zero-order valence-electron chi connectivity index (χ0n) is 10.7. The summed E-state index contributed by atoms with van der Waals surface area (Å²) in [6, 6.07) is 3.45. The Kier molecular flexibility index (Phi) is 3.41. The fourth-order valence-corrected chi connectivity index (χ4v) is 3.22. The topological polar surface area (TPSA) is 69.9 Å². The van der Waals surface area contributed by atoms with Gasteiger partial charge >= 0.3 is 0 Å². The van der Waals surface area contributed by atoms with Crippen LogP contribution in [0.25, 0.3) is 10.2 Å². The first kappa shape index (κ1) is 13.1. The van der Waals surface area contributed by atoms with Crippen LogP contribution in [0.15, 0.2) is 38.8 Å². The molecule has 3 aromatic heterocycles. The fraction of sp³-hybridized carbons (Fsp3) is 0.167. The molecule has 0 fully saturated rings. The van der Waals surface area contributed by atoms with E-state index in [1.807, 2.05) is 5.38 Å². The lowest BCUT2D eigenvalue weighted by molar-refractivity contribution is 0.392. The van der Waals surface area contributed by atoms with Crippen molar-refractivity contribution in [3.8, 4) is 5.88 Å². The van der Waals surface area contributed by atoms with Gasteiger partial charge in [0.2, 0.25) is 5.88 Å². The minimum absolute atomic E-state index is 0.0679. The number of thiophene rings is 1. The number of aromatic nitrogens is 4. The van der Waals surface area contributed by atoms with E-state index in [4.69, 9.17) is 4.74 Å². The van der Waals surface area contributed by atoms with Gasteiger partial charge in [-0.25, -0.2) is 9.97 Å². The van der Waals surface area contributed by atoms with Crippen LogP contribution in [0.1, 0.15) is 0 Å². The maximum Gasteiger partial charge on any atom is 0.262 e. The summed E-state index contributed by atoms with van der Waals surface area (Å²) in [6.07, 6.45) is 1.61. The highest BCUT2D eigenvalue weighted by Crippen LogP contribution is 2.25. The summed E-state index contributed by atoms with van der Waals surface area (Å²) in [5, 5.41) is 3.53. The van der Waals surface area contributed by atoms with E-state index in [0.717, 1.165) is 4.83 Å². The Labute approximate surface area is 122 Å². The van der Waals surface area contributed by atoms with Gasteiger partial charge in [-0.2, -0.15) is 4.98 Å². The van der Waals surface area contributed by atoms with Gasteiger partial charge in [0.15, 0.2) is 10.3 Å². The Morgan fingerprint density at radius 2 is 2.20 bits per heavy atom. The first-order valence-electron chi connectivity index (χ1n) is 5.68. The molecule has 0 saturated carbocycles. The van der Waals surface area contributed by atoms with Crippen LogP contribution in [0.4, 0.5) is 0 Å². The van der Waals surface area contributed by atoms with Crippen LogP contribution >= 0.6 is 23.1 Å². The molecule has 0 aliphatic heterocycles. The quantitative estimate of drug-likeness (QED) is 0.689. The molecule has 0 N–H and O–H groups in total. The third-order valence-electron chi connectivity index (χ3n) is 2.66. The molecule has 0 radical (unpaired) electrons. The van der Waals surface area contributed by atoms with Crippen molar-refractivity contribution >= 4 is 33.3 Å². The number of nitrogens with zero attached hydrogens (tertiary/aromatic N) is 4. The first-order chi connectivity index (χ1) is 9.69. The Bertz CT molecular complexity index is 828. The van der Waals surface area contributed by atoms with Crippen LogP contribution in [0, 0.1) is 0 Å². The molecule has 0 spiro atoms. The molecule has 0 bridgehead atoms. The minimum atomic E-state index is -0.0679. The molecule has 102 valence electrons. The normalized spacial score (nSPS) is 10.9. The lowest BCUT2D eigenvalue weighted by Crippen LogP contribution is -2.19. The van der Waals surface area contributed by atoms with Crippen LogP contribution in [-0.2, 0) is 7.05 Å². The SMILES string of the molecule is COc1ccnc(Sc2nc3sccc3c(=O)n2C)n1. The Morgan fingerprint density at radius 3 is 3.00 bits per heavy atom. The van der Waals surface area contributed by atoms with Crippen molar-refractivity contribution in [3.63, 3.8) is 0 Å². The molecule has 3 rings (SSSR count). The Hall–Kier alpha value is -1.93. The lowest BCUT2D eigenvalue weighted by Gasteiger charge is -2.06. The monoisotopic (exact) mass is 306 g/mol. The number of hydrogen-bond donors (Lipinski definition) is 0. The summed E-state index contributed by atoms with van der Waals surface area (Å²) in [6.45, 7) is 0. The molecule has 0 saturated heterocycles. The molecular weight excluding hydrogens is 296 g/mol. The second-order valence-corrected chi connectivity index (χ2v) is 5.71. The second-order valence-electron chi connectivity index (χ2n) is 3.88. The zero-order chi connectivity index (χ0) is 14.1. The molecule has 0 aliphatic carbocycles. The second kappa shape index (κ2) is 5.22. The highest BCUT2D eigenvalue weighted by molar-refractivity contribution is 7.99. The lowest BCUT2D eigenvalue weighted by atomic mass is 10.4. The molecule has 0 unspecified atom stereocenters. The molecule has 3 aromatic rings. The van der Waals surface area contributed by atoms with E-state index in [-0.39, 0.29) is 5.56 Å². The number of ether oxygens (including phenoxy) is 1. The van der Waals surface area contributed by atoms with Gasteiger partial charge < -0.3 is 4.74 Å². The summed E-state index contributed by atoms with van der Waals surface area (Å²) in [7, 11) is 3.23. The summed E-state index contributed by atoms with van der Waals surface area (Å²) in [5.41, 5.74) is -0.0679. The average molecular weight is 306 g/mol. The van der Waals surface area contributed by atoms with Crippen molar-refractivity contribution in [3.05, 3.63) is 34.1 Å². The zero-order valence-corrected chi connectivity index (χ0v) is 12.4. The minimum Gasteiger partial charge on any atom is -0.481 e. The van der Waals surface area contributed by atoms with E-state index in [9.17, 15) is 4.79 Å². The van der Waals surface area contributed by atoms with Gasteiger partial charge in [0.25, 0.3) is 5.56 Å². The van der Waals surface area contributed by atoms with Crippen molar-refractivity contribution in [2.75, 3.05) is 7.11 Å². The summed E-state index contributed by atoms with van der Waals surface area (Å²) >= 11 is 2.67. The van der Waals surface area contributed by atoms with E-state index in [1.165, 1.54) is 27.7 Å². The van der Waals surface area contributed by atoms with Crippen LogP contribution in [0.5, 0.6) is 5.88 Å². The predicted molar refractivity (Wildman–Crippen MR) is 77.6 cm³/mol. The van der Waals surface area contributed by atoms with E-state index in [0.29, 0.717) is 21.6 Å². The van der Waals surface area contributed by atoms with E-state index in [2.05, 4.69) is 15.0 Å². The van der Waals surface area contributed by atoms with E-state index < -0.39 is 0 Å². The maximum atomic E-state index is 12.2. The molecule has 0 atom stereocenters. The van der Waals surface area contributed by atoms with Gasteiger partial charge in [0.1, 0.15) is 4.83 Å². The largest absolute Gasteiger partial charge is 0.481 e. The molecule has 0 aliphatic rings. The average Bonchev–Trinajstić information content (AvgIpc) is 2.93. The maximum absolute atomic E-state index is 12.2. The molecule has 0 amide bonds. The number of methoxy groups -OCH3 is 1.